The molecule has 0 aromatic rings. The Morgan fingerprint density at radius 1 is 0.538 bits per heavy atom. The van der Waals surface area contributed by atoms with E-state index in [-0.39, 0.29) is 58.4 Å². The maximum Gasteiger partial charge on any atom is 0.0379 e. The van der Waals surface area contributed by atoms with Crippen LogP contribution in [0.4, 0.5) is 0 Å². The maximum absolute atomic E-state index is 3.25. The minimum absolute atomic E-state index is 0. The van der Waals surface area contributed by atoms with Crippen molar-refractivity contribution in [2.75, 3.05) is 0 Å². The SMILES string of the molecule is C[Si](C)C.C[Si](C)C.[CH2-]C.[CH2-]C.[Nd]. The largest absolute Gasteiger partial charge is 0.346 e. The van der Waals surface area contributed by atoms with Crippen LogP contribution in [0.25, 0.3) is 0 Å². The molecule has 0 aliphatic carbocycles. The van der Waals surface area contributed by atoms with Crippen LogP contribution in [0.3, 0.4) is 0 Å². The minimum atomic E-state index is 0. The van der Waals surface area contributed by atoms with E-state index in [0.29, 0.717) is 0 Å². The molecule has 13 heavy (non-hydrogen) atoms. The van der Waals surface area contributed by atoms with Crippen molar-refractivity contribution in [1.29, 1.82) is 0 Å². The summed E-state index contributed by atoms with van der Waals surface area (Å²) in [7, 11) is 0.241. The van der Waals surface area contributed by atoms with E-state index in [0.717, 1.165) is 0 Å². The first-order valence-corrected chi connectivity index (χ1v) is 10.4. The van der Waals surface area contributed by atoms with Crippen LogP contribution in [-0.4, -0.2) is 17.6 Å². The van der Waals surface area contributed by atoms with Gasteiger partial charge in [-0.1, -0.05) is 39.3 Å². The fraction of sp³-hybridized carbons (Fsp3) is 0.800. The van der Waals surface area contributed by atoms with Gasteiger partial charge in [-0.2, -0.15) is 13.8 Å². The third-order valence-corrected chi connectivity index (χ3v) is 0. The molecule has 0 aliphatic rings. The number of hydrogen-bond acceptors (Lipinski definition) is 0. The molecule has 0 aromatic carbocycles. The van der Waals surface area contributed by atoms with Crippen molar-refractivity contribution in [2.45, 2.75) is 53.1 Å². The fourth-order valence-corrected chi connectivity index (χ4v) is 0. The molecular formula is C10H28NdSi2-2. The van der Waals surface area contributed by atoms with E-state index < -0.39 is 0 Å². The molecule has 0 bridgehead atoms. The van der Waals surface area contributed by atoms with Gasteiger partial charge in [0.05, 0.1) is 0 Å². The second kappa shape index (κ2) is 37.2. The predicted octanol–water partition coefficient (Wildman–Crippen LogP) is 4.42. The molecule has 0 rings (SSSR count). The minimum Gasteiger partial charge on any atom is -0.346 e. The zero-order valence-corrected chi connectivity index (χ0v) is 16.1. The average Bonchev–Trinajstić information content (AvgIpc) is 1.93. The maximum atomic E-state index is 3.25. The molecule has 0 nitrogen and oxygen atoms in total. The van der Waals surface area contributed by atoms with Gasteiger partial charge in [-0.3, -0.25) is 0 Å². The van der Waals surface area contributed by atoms with E-state index in [1.807, 2.05) is 0 Å². The Kier molecular flexibility index (Phi) is 83.9. The van der Waals surface area contributed by atoms with Crippen molar-refractivity contribution in [3.63, 3.8) is 0 Å². The molecule has 0 amide bonds. The van der Waals surface area contributed by atoms with Crippen molar-refractivity contribution in [2.24, 2.45) is 0 Å². The van der Waals surface area contributed by atoms with Gasteiger partial charge in [-0.05, 0) is 0 Å². The first kappa shape index (κ1) is 29.3. The van der Waals surface area contributed by atoms with Crippen LogP contribution in [-0.2, 0) is 0 Å². The van der Waals surface area contributed by atoms with Gasteiger partial charge in [-0.25, -0.2) is 0 Å². The molecule has 0 saturated carbocycles. The van der Waals surface area contributed by atoms with Crippen molar-refractivity contribution in [3.05, 3.63) is 13.8 Å². The Morgan fingerprint density at radius 3 is 0.538 bits per heavy atom. The summed E-state index contributed by atoms with van der Waals surface area (Å²) in [4.78, 5) is 0. The molecule has 0 unspecified atom stereocenters. The van der Waals surface area contributed by atoms with Crippen molar-refractivity contribution >= 4 is 17.6 Å². The van der Waals surface area contributed by atoms with E-state index in [2.05, 4.69) is 53.1 Å². The fourth-order valence-electron chi connectivity index (χ4n) is 0. The van der Waals surface area contributed by atoms with E-state index >= 15 is 0 Å². The summed E-state index contributed by atoms with van der Waals surface area (Å²) < 4.78 is 0. The van der Waals surface area contributed by atoms with Crippen molar-refractivity contribution in [3.8, 4) is 0 Å². The molecule has 0 fully saturated rings. The molecule has 3 heteroatoms. The van der Waals surface area contributed by atoms with Gasteiger partial charge in [0.1, 0.15) is 0 Å². The van der Waals surface area contributed by atoms with E-state index in [1.54, 1.807) is 13.8 Å². The molecular weight excluding hydrogens is 321 g/mol. The Balaban J connectivity index is -0.0000000226. The quantitative estimate of drug-likeness (QED) is 0.449. The summed E-state index contributed by atoms with van der Waals surface area (Å²) in [5, 5.41) is 0. The summed E-state index contributed by atoms with van der Waals surface area (Å²) >= 11 is 0. The van der Waals surface area contributed by atoms with Gasteiger partial charge >= 0.3 is 0 Å². The Hall–Kier alpha value is 1.78. The standard InChI is InChI=1S/2C3H9Si.2C2H5.Nd/c2*1-4(2)3;2*1-2;/h2*1-3H3;2*1H2,2H3;/q;;2*-1;. The average molecular weight is 349 g/mol. The second-order valence-corrected chi connectivity index (χ2v) is 9.00. The van der Waals surface area contributed by atoms with Crippen LogP contribution in [0.1, 0.15) is 13.8 Å². The smallest absolute Gasteiger partial charge is 0.0379 e. The zero-order valence-electron chi connectivity index (χ0n) is 10.9. The normalized spacial score (nSPS) is 6.46. The van der Waals surface area contributed by atoms with Gasteiger partial charge in [-0.15, -0.1) is 0 Å². The molecule has 0 spiro atoms. The van der Waals surface area contributed by atoms with Crippen LogP contribution in [0, 0.1) is 54.7 Å². The molecule has 0 atom stereocenters. The van der Waals surface area contributed by atoms with Crippen LogP contribution in [0.15, 0.2) is 0 Å². The van der Waals surface area contributed by atoms with E-state index in [1.165, 1.54) is 0 Å². The molecule has 0 saturated heterocycles. The Morgan fingerprint density at radius 2 is 0.538 bits per heavy atom. The number of hydrogen-bond donors (Lipinski definition) is 0. The Bertz CT molecular complexity index is 28.4. The van der Waals surface area contributed by atoms with E-state index in [4.69, 9.17) is 0 Å². The first-order valence-electron chi connectivity index (χ1n) is 4.41. The van der Waals surface area contributed by atoms with Gasteiger partial charge in [0, 0.05) is 58.4 Å². The Labute approximate surface area is 124 Å². The second-order valence-electron chi connectivity index (χ2n) is 3.00. The zero-order chi connectivity index (χ0) is 11.2. The molecule has 0 heterocycles. The van der Waals surface area contributed by atoms with Crippen LogP contribution in [0.2, 0.25) is 39.3 Å². The summed E-state index contributed by atoms with van der Waals surface area (Å²) in [5.74, 6) is 0. The van der Waals surface area contributed by atoms with Gasteiger partial charge in [0.2, 0.25) is 0 Å². The van der Waals surface area contributed by atoms with Crippen molar-refractivity contribution < 1.29 is 40.8 Å². The van der Waals surface area contributed by atoms with Crippen LogP contribution < -0.4 is 0 Å². The van der Waals surface area contributed by atoms with Crippen LogP contribution in [0.5, 0.6) is 0 Å². The predicted molar refractivity (Wildman–Crippen MR) is 68.8 cm³/mol. The molecule has 2 radical (unpaired) electrons. The molecule has 0 N–H and O–H groups in total. The summed E-state index contributed by atoms with van der Waals surface area (Å²) in [6, 6.07) is 0. The van der Waals surface area contributed by atoms with Crippen molar-refractivity contribution in [1.82, 2.24) is 0 Å². The van der Waals surface area contributed by atoms with Gasteiger partial charge in [0.25, 0.3) is 0 Å². The molecule has 0 aliphatic heterocycles. The summed E-state index contributed by atoms with van der Waals surface area (Å²) in [5.41, 5.74) is 0. The van der Waals surface area contributed by atoms with Crippen LogP contribution >= 0.6 is 0 Å². The molecule has 82 valence electrons. The van der Waals surface area contributed by atoms with E-state index in [9.17, 15) is 0 Å². The topological polar surface area (TPSA) is 0 Å². The third kappa shape index (κ3) is 601. The van der Waals surface area contributed by atoms with Gasteiger partial charge < -0.3 is 13.8 Å². The summed E-state index contributed by atoms with van der Waals surface area (Å²) in [6.45, 7) is 23.6. The third-order valence-electron chi connectivity index (χ3n) is 0. The number of rotatable bonds is 0. The first-order chi connectivity index (χ1) is 5.46. The van der Waals surface area contributed by atoms with Gasteiger partial charge in [0.15, 0.2) is 0 Å². The monoisotopic (exact) mass is 346 g/mol. The molecule has 0 aromatic heterocycles. The summed E-state index contributed by atoms with van der Waals surface area (Å²) in [6.07, 6.45) is 0.